The molecule has 1 unspecified atom stereocenters. The molecule has 0 bridgehead atoms. The van der Waals surface area contributed by atoms with Gasteiger partial charge in [-0.15, -0.1) is 0 Å². The summed E-state index contributed by atoms with van der Waals surface area (Å²) in [7, 11) is 0. The summed E-state index contributed by atoms with van der Waals surface area (Å²) >= 11 is 1.93. The van der Waals surface area contributed by atoms with Gasteiger partial charge in [0.15, 0.2) is 0 Å². The Kier molecular flexibility index (Phi) is 3.15. The molecule has 1 atom stereocenters. The molecule has 52 valence electrons. The molecule has 0 radical (unpaired) electrons. The highest BCUT2D eigenvalue weighted by Gasteiger charge is 2.06. The van der Waals surface area contributed by atoms with E-state index in [0.717, 1.165) is 18.1 Å². The summed E-state index contributed by atoms with van der Waals surface area (Å²) in [6.07, 6.45) is 4.71. The molecule has 0 aliphatic carbocycles. The van der Waals surface area contributed by atoms with E-state index in [1.807, 2.05) is 18.7 Å². The predicted molar refractivity (Wildman–Crippen MR) is 41.9 cm³/mol. The minimum absolute atomic E-state index is 0.383. The van der Waals surface area contributed by atoms with Crippen molar-refractivity contribution < 1.29 is 4.74 Å². The van der Waals surface area contributed by atoms with E-state index in [1.54, 1.807) is 0 Å². The van der Waals surface area contributed by atoms with Gasteiger partial charge in [-0.3, -0.25) is 0 Å². The van der Waals surface area contributed by atoms with Crippen LogP contribution in [0.5, 0.6) is 0 Å². The van der Waals surface area contributed by atoms with Gasteiger partial charge in [0, 0.05) is 18.1 Å². The molecule has 0 aromatic heterocycles. The summed E-state index contributed by atoms with van der Waals surface area (Å²) in [4.78, 5) is 0. The highest BCUT2D eigenvalue weighted by atomic mass is 32.2. The highest BCUT2D eigenvalue weighted by Crippen LogP contribution is 2.12. The lowest BCUT2D eigenvalue weighted by Gasteiger charge is -2.14. The number of hydrogen-bond acceptors (Lipinski definition) is 2. The van der Waals surface area contributed by atoms with Crippen molar-refractivity contribution in [3.8, 4) is 0 Å². The Bertz CT molecular complexity index is 101. The van der Waals surface area contributed by atoms with E-state index in [4.69, 9.17) is 4.74 Å². The molecule has 1 nitrogen and oxygen atoms in total. The van der Waals surface area contributed by atoms with Crippen molar-refractivity contribution in [1.82, 2.24) is 0 Å². The van der Waals surface area contributed by atoms with Crippen LogP contribution in [0.4, 0.5) is 0 Å². The Balaban J connectivity index is 2.23. The van der Waals surface area contributed by atoms with Crippen LogP contribution in [-0.2, 0) is 4.74 Å². The molecule has 0 spiro atoms. The number of hydrogen-bond donors (Lipinski definition) is 0. The summed E-state index contributed by atoms with van der Waals surface area (Å²) in [5, 5.41) is 0. The monoisotopic (exact) mass is 144 g/mol. The van der Waals surface area contributed by atoms with E-state index in [1.165, 1.54) is 0 Å². The average Bonchev–Trinajstić information content (AvgIpc) is 1.91. The molecule has 1 aliphatic rings. The van der Waals surface area contributed by atoms with Crippen molar-refractivity contribution in [2.75, 3.05) is 18.1 Å². The third-order valence-corrected chi connectivity index (χ3v) is 2.22. The van der Waals surface area contributed by atoms with Crippen LogP contribution >= 0.6 is 11.8 Å². The summed E-state index contributed by atoms with van der Waals surface area (Å²) in [5.41, 5.74) is 0. The third-order valence-electron chi connectivity index (χ3n) is 1.23. The molecule has 1 rings (SSSR count). The first-order chi connectivity index (χ1) is 4.43. The van der Waals surface area contributed by atoms with Gasteiger partial charge in [-0.05, 0) is 6.92 Å². The number of ether oxygens (including phenoxy) is 1. The molecule has 0 saturated carbocycles. The zero-order chi connectivity index (χ0) is 6.53. The fourth-order valence-corrected chi connectivity index (χ4v) is 1.66. The second-order valence-corrected chi connectivity index (χ2v) is 3.03. The quantitative estimate of drug-likeness (QED) is 0.545. The molecular weight excluding hydrogens is 132 g/mol. The molecule has 0 aromatic rings. The van der Waals surface area contributed by atoms with Gasteiger partial charge in [0.05, 0.1) is 6.10 Å². The number of rotatable bonds is 2. The predicted octanol–water partition coefficient (Wildman–Crippen LogP) is 1.69. The molecule has 2 heteroatoms. The van der Waals surface area contributed by atoms with Gasteiger partial charge in [-0.1, -0.05) is 12.2 Å². The van der Waals surface area contributed by atoms with Gasteiger partial charge in [0.1, 0.15) is 0 Å². The minimum Gasteiger partial charge on any atom is -0.374 e. The molecule has 0 fully saturated rings. The lowest BCUT2D eigenvalue weighted by atomic mass is 10.3. The van der Waals surface area contributed by atoms with Crippen LogP contribution in [0.3, 0.4) is 0 Å². The molecule has 0 amide bonds. The topological polar surface area (TPSA) is 9.23 Å². The van der Waals surface area contributed by atoms with Crippen LogP contribution < -0.4 is 0 Å². The van der Waals surface area contributed by atoms with E-state index in [0.29, 0.717) is 6.10 Å². The van der Waals surface area contributed by atoms with Gasteiger partial charge >= 0.3 is 0 Å². The molecule has 9 heavy (non-hydrogen) atoms. The summed E-state index contributed by atoms with van der Waals surface area (Å²) in [5.74, 6) is 2.29. The van der Waals surface area contributed by atoms with E-state index < -0.39 is 0 Å². The fraction of sp³-hybridized carbons (Fsp3) is 0.714. The van der Waals surface area contributed by atoms with E-state index in [9.17, 15) is 0 Å². The van der Waals surface area contributed by atoms with E-state index >= 15 is 0 Å². The Hall–Kier alpha value is 0.0500. The van der Waals surface area contributed by atoms with E-state index in [2.05, 4.69) is 12.2 Å². The van der Waals surface area contributed by atoms with Crippen LogP contribution in [0.15, 0.2) is 12.2 Å². The SMILES string of the molecule is CCOC1C=CCSC1. The first-order valence-corrected chi connectivity index (χ1v) is 4.45. The maximum atomic E-state index is 5.38. The second kappa shape index (κ2) is 3.96. The third kappa shape index (κ3) is 2.41. The summed E-state index contributed by atoms with van der Waals surface area (Å²) < 4.78 is 5.38. The van der Waals surface area contributed by atoms with Gasteiger partial charge in [-0.2, -0.15) is 11.8 Å². The molecule has 1 aliphatic heterocycles. The summed E-state index contributed by atoms with van der Waals surface area (Å²) in [6.45, 7) is 2.86. The molecule has 0 N–H and O–H groups in total. The van der Waals surface area contributed by atoms with Crippen molar-refractivity contribution in [2.24, 2.45) is 0 Å². The van der Waals surface area contributed by atoms with Crippen LogP contribution in [-0.4, -0.2) is 24.2 Å². The van der Waals surface area contributed by atoms with Gasteiger partial charge in [0.25, 0.3) is 0 Å². The van der Waals surface area contributed by atoms with Crippen molar-refractivity contribution in [1.29, 1.82) is 0 Å². The fourth-order valence-electron chi connectivity index (χ4n) is 0.833. The van der Waals surface area contributed by atoms with Crippen LogP contribution in [0.2, 0.25) is 0 Å². The van der Waals surface area contributed by atoms with Crippen LogP contribution in [0.25, 0.3) is 0 Å². The Labute approximate surface area is 60.5 Å². The molecule has 0 saturated heterocycles. The second-order valence-electron chi connectivity index (χ2n) is 1.96. The normalized spacial score (nSPS) is 26.6. The summed E-state index contributed by atoms with van der Waals surface area (Å²) in [6, 6.07) is 0. The van der Waals surface area contributed by atoms with Crippen LogP contribution in [0.1, 0.15) is 6.92 Å². The zero-order valence-corrected chi connectivity index (χ0v) is 6.49. The first-order valence-electron chi connectivity index (χ1n) is 3.29. The van der Waals surface area contributed by atoms with Gasteiger partial charge in [-0.25, -0.2) is 0 Å². The number of thioether (sulfide) groups is 1. The standard InChI is InChI=1S/C7H12OS/c1-2-8-7-4-3-5-9-6-7/h3-4,7H,2,5-6H2,1H3. The zero-order valence-electron chi connectivity index (χ0n) is 5.67. The lowest BCUT2D eigenvalue weighted by Crippen LogP contribution is -2.15. The van der Waals surface area contributed by atoms with Crippen molar-refractivity contribution in [3.05, 3.63) is 12.2 Å². The molecule has 0 aromatic carbocycles. The smallest absolute Gasteiger partial charge is 0.0846 e. The molecular formula is C7H12OS. The largest absolute Gasteiger partial charge is 0.374 e. The maximum absolute atomic E-state index is 5.38. The highest BCUT2D eigenvalue weighted by molar-refractivity contribution is 7.99. The molecule has 1 heterocycles. The van der Waals surface area contributed by atoms with Gasteiger partial charge < -0.3 is 4.74 Å². The minimum atomic E-state index is 0.383. The van der Waals surface area contributed by atoms with Crippen molar-refractivity contribution in [3.63, 3.8) is 0 Å². The Morgan fingerprint density at radius 2 is 2.67 bits per heavy atom. The Morgan fingerprint density at radius 3 is 3.22 bits per heavy atom. The van der Waals surface area contributed by atoms with Gasteiger partial charge in [0.2, 0.25) is 0 Å². The van der Waals surface area contributed by atoms with Crippen LogP contribution in [0, 0.1) is 0 Å². The average molecular weight is 144 g/mol. The van der Waals surface area contributed by atoms with Crippen molar-refractivity contribution in [2.45, 2.75) is 13.0 Å². The van der Waals surface area contributed by atoms with E-state index in [-0.39, 0.29) is 0 Å². The lowest BCUT2D eigenvalue weighted by molar-refractivity contribution is 0.112. The van der Waals surface area contributed by atoms with Crippen molar-refractivity contribution >= 4 is 11.8 Å². The maximum Gasteiger partial charge on any atom is 0.0846 e. The first kappa shape index (κ1) is 7.16. The Morgan fingerprint density at radius 1 is 1.78 bits per heavy atom.